The lowest BCUT2D eigenvalue weighted by Gasteiger charge is -2.25. The number of hydrogen-bond donors (Lipinski definition) is 2. The van der Waals surface area contributed by atoms with Gasteiger partial charge in [0.25, 0.3) is 11.8 Å². The number of carbonyl (C=O) groups excluding carboxylic acids is 3. The van der Waals surface area contributed by atoms with Crippen molar-refractivity contribution in [3.05, 3.63) is 53.1 Å². The van der Waals surface area contributed by atoms with Crippen LogP contribution in [0.5, 0.6) is 5.75 Å². The van der Waals surface area contributed by atoms with Gasteiger partial charge >= 0.3 is 5.97 Å². The number of esters is 1. The van der Waals surface area contributed by atoms with E-state index < -0.39 is 30.0 Å². The summed E-state index contributed by atoms with van der Waals surface area (Å²) >= 11 is 6.03. The maximum Gasteiger partial charge on any atom is 0.310 e. The highest BCUT2D eigenvalue weighted by atomic mass is 35.5. The van der Waals surface area contributed by atoms with E-state index in [2.05, 4.69) is 10.6 Å². The maximum absolute atomic E-state index is 12.3. The standard InChI is InChI=1S/C20H19ClN2O5/c1-11-13(21)6-5-8-14(11)22-19(25)12(2)27-18(24)10-17-20(26)23-15-7-3-4-9-16(15)28-17/h3-9,12,17H,10H2,1-2H3,(H,22,25)(H,23,26)/t12-,17+/m1/s1. The van der Waals surface area contributed by atoms with Crippen LogP contribution in [-0.4, -0.2) is 30.0 Å². The molecule has 2 aromatic carbocycles. The predicted octanol–water partition coefficient (Wildman–Crippen LogP) is 3.31. The molecule has 146 valence electrons. The van der Waals surface area contributed by atoms with Crippen LogP contribution in [0.2, 0.25) is 5.02 Å². The molecule has 0 aliphatic carbocycles. The summed E-state index contributed by atoms with van der Waals surface area (Å²) in [6.07, 6.45) is -2.38. The molecule has 0 unspecified atom stereocenters. The number of amides is 2. The highest BCUT2D eigenvalue weighted by molar-refractivity contribution is 6.31. The van der Waals surface area contributed by atoms with Crippen molar-refractivity contribution in [1.29, 1.82) is 0 Å². The van der Waals surface area contributed by atoms with Gasteiger partial charge in [-0.2, -0.15) is 0 Å². The van der Waals surface area contributed by atoms with Crippen LogP contribution < -0.4 is 15.4 Å². The molecule has 2 amide bonds. The zero-order chi connectivity index (χ0) is 20.3. The minimum atomic E-state index is -1.05. The number of hydrogen-bond acceptors (Lipinski definition) is 5. The van der Waals surface area contributed by atoms with Crippen LogP contribution >= 0.6 is 11.6 Å². The van der Waals surface area contributed by atoms with Crippen LogP contribution in [0.15, 0.2) is 42.5 Å². The smallest absolute Gasteiger partial charge is 0.310 e. The summed E-state index contributed by atoms with van der Waals surface area (Å²) in [4.78, 5) is 36.6. The first-order valence-electron chi connectivity index (χ1n) is 8.67. The molecule has 0 radical (unpaired) electrons. The van der Waals surface area contributed by atoms with Gasteiger partial charge in [0.05, 0.1) is 12.1 Å². The Morgan fingerprint density at radius 3 is 2.79 bits per heavy atom. The monoisotopic (exact) mass is 402 g/mol. The summed E-state index contributed by atoms with van der Waals surface area (Å²) in [6, 6.07) is 12.0. The Bertz CT molecular complexity index is 931. The maximum atomic E-state index is 12.3. The second-order valence-electron chi connectivity index (χ2n) is 6.33. The third-order valence-corrected chi connectivity index (χ3v) is 4.67. The van der Waals surface area contributed by atoms with E-state index in [4.69, 9.17) is 21.1 Å². The lowest BCUT2D eigenvalue weighted by atomic mass is 10.1. The Hall–Kier alpha value is -3.06. The van der Waals surface area contributed by atoms with Gasteiger partial charge in [-0.3, -0.25) is 14.4 Å². The lowest BCUT2D eigenvalue weighted by molar-refractivity contribution is -0.155. The molecule has 1 aliphatic rings. The molecule has 7 nitrogen and oxygen atoms in total. The van der Waals surface area contributed by atoms with Gasteiger partial charge in [0.15, 0.2) is 12.2 Å². The molecule has 2 N–H and O–H groups in total. The summed E-state index contributed by atoms with van der Waals surface area (Å²) in [7, 11) is 0. The van der Waals surface area contributed by atoms with Gasteiger partial charge in [-0.25, -0.2) is 0 Å². The van der Waals surface area contributed by atoms with Crippen molar-refractivity contribution in [3.63, 3.8) is 0 Å². The molecule has 2 atom stereocenters. The van der Waals surface area contributed by atoms with E-state index in [9.17, 15) is 14.4 Å². The van der Waals surface area contributed by atoms with Gasteiger partial charge in [0.1, 0.15) is 5.75 Å². The molecule has 0 spiro atoms. The van der Waals surface area contributed by atoms with Crippen molar-refractivity contribution < 1.29 is 23.9 Å². The van der Waals surface area contributed by atoms with Crippen LogP contribution in [0.4, 0.5) is 11.4 Å². The first kappa shape index (κ1) is 19.7. The SMILES string of the molecule is Cc1c(Cl)cccc1NC(=O)[C@@H](C)OC(=O)C[C@@H]1Oc2ccccc2NC1=O. The number of ether oxygens (including phenoxy) is 2. The first-order chi connectivity index (χ1) is 13.3. The average Bonchev–Trinajstić information content (AvgIpc) is 2.66. The predicted molar refractivity (Wildman–Crippen MR) is 104 cm³/mol. The Labute approximate surface area is 167 Å². The fourth-order valence-corrected chi connectivity index (χ4v) is 2.83. The number of halogens is 1. The number of rotatable bonds is 5. The van der Waals surface area contributed by atoms with E-state index >= 15 is 0 Å². The van der Waals surface area contributed by atoms with Crippen LogP contribution in [0.25, 0.3) is 0 Å². The number of anilines is 2. The van der Waals surface area contributed by atoms with E-state index in [0.717, 1.165) is 0 Å². The van der Waals surface area contributed by atoms with Crippen molar-refractivity contribution in [3.8, 4) is 5.75 Å². The Morgan fingerprint density at radius 1 is 1.25 bits per heavy atom. The van der Waals surface area contributed by atoms with Crippen molar-refractivity contribution in [2.45, 2.75) is 32.5 Å². The zero-order valence-electron chi connectivity index (χ0n) is 15.3. The molecule has 0 saturated heterocycles. The van der Waals surface area contributed by atoms with Crippen LogP contribution in [-0.2, 0) is 19.1 Å². The molecule has 1 aliphatic heterocycles. The molecule has 0 aromatic heterocycles. The van der Waals surface area contributed by atoms with Gasteiger partial charge in [-0.15, -0.1) is 0 Å². The second kappa shape index (κ2) is 8.31. The summed E-state index contributed by atoms with van der Waals surface area (Å²) in [5, 5.41) is 5.86. The molecule has 2 aromatic rings. The van der Waals surface area contributed by atoms with E-state index in [1.165, 1.54) is 6.92 Å². The number of carbonyl (C=O) groups is 3. The minimum Gasteiger partial charge on any atom is -0.478 e. The molecule has 3 rings (SSSR count). The average molecular weight is 403 g/mol. The third-order valence-electron chi connectivity index (χ3n) is 4.26. The number of benzene rings is 2. The molecule has 28 heavy (non-hydrogen) atoms. The third kappa shape index (κ3) is 4.43. The molecule has 0 fully saturated rings. The van der Waals surface area contributed by atoms with Gasteiger partial charge in [0.2, 0.25) is 0 Å². The molecule has 0 saturated carbocycles. The fraction of sp³-hybridized carbons (Fsp3) is 0.250. The van der Waals surface area contributed by atoms with E-state index in [-0.39, 0.29) is 6.42 Å². The van der Waals surface area contributed by atoms with Crippen molar-refractivity contribution >= 4 is 40.8 Å². The normalized spacial score (nSPS) is 16.2. The van der Waals surface area contributed by atoms with Crippen LogP contribution in [0.1, 0.15) is 18.9 Å². The van der Waals surface area contributed by atoms with Gasteiger partial charge in [-0.05, 0) is 43.7 Å². The second-order valence-corrected chi connectivity index (χ2v) is 6.74. The number of nitrogens with one attached hydrogen (secondary N) is 2. The summed E-state index contributed by atoms with van der Waals surface area (Å²) in [6.45, 7) is 3.22. The molecule has 8 heteroatoms. The van der Waals surface area contributed by atoms with E-state index in [0.29, 0.717) is 27.7 Å². The van der Waals surface area contributed by atoms with Crippen molar-refractivity contribution in [1.82, 2.24) is 0 Å². The zero-order valence-corrected chi connectivity index (χ0v) is 16.1. The van der Waals surface area contributed by atoms with E-state index in [1.54, 1.807) is 49.4 Å². The topological polar surface area (TPSA) is 93.7 Å². The summed E-state index contributed by atoms with van der Waals surface area (Å²) < 4.78 is 10.7. The van der Waals surface area contributed by atoms with Crippen LogP contribution in [0.3, 0.4) is 0 Å². The Kier molecular flexibility index (Phi) is 5.84. The quantitative estimate of drug-likeness (QED) is 0.748. The van der Waals surface area contributed by atoms with Gasteiger partial charge < -0.3 is 20.1 Å². The Balaban J connectivity index is 1.56. The van der Waals surface area contributed by atoms with Crippen molar-refractivity contribution in [2.24, 2.45) is 0 Å². The highest BCUT2D eigenvalue weighted by Gasteiger charge is 2.31. The molecular weight excluding hydrogens is 384 g/mol. The highest BCUT2D eigenvalue weighted by Crippen LogP contribution is 2.29. The van der Waals surface area contributed by atoms with Crippen LogP contribution in [0, 0.1) is 6.92 Å². The molecule has 1 heterocycles. The van der Waals surface area contributed by atoms with Gasteiger partial charge in [-0.1, -0.05) is 29.8 Å². The minimum absolute atomic E-state index is 0.312. The van der Waals surface area contributed by atoms with E-state index in [1.807, 2.05) is 0 Å². The first-order valence-corrected chi connectivity index (χ1v) is 9.05. The molecular formula is C20H19ClN2O5. The lowest BCUT2D eigenvalue weighted by Crippen LogP contribution is -2.40. The number of para-hydroxylation sites is 2. The fourth-order valence-electron chi connectivity index (χ4n) is 2.65. The molecule has 0 bridgehead atoms. The largest absolute Gasteiger partial charge is 0.478 e. The van der Waals surface area contributed by atoms with Gasteiger partial charge in [0, 0.05) is 10.7 Å². The summed E-state index contributed by atoms with van der Waals surface area (Å²) in [5.41, 5.74) is 1.79. The summed E-state index contributed by atoms with van der Waals surface area (Å²) in [5.74, 6) is -1.19. The Morgan fingerprint density at radius 2 is 2.00 bits per heavy atom. The number of fused-ring (bicyclic) bond motifs is 1. The van der Waals surface area contributed by atoms with Crippen molar-refractivity contribution in [2.75, 3.05) is 10.6 Å².